The predicted molar refractivity (Wildman–Crippen MR) is 74.7 cm³/mol. The minimum absolute atomic E-state index is 0.136. The van der Waals surface area contributed by atoms with Gasteiger partial charge in [-0.2, -0.15) is 11.3 Å². The summed E-state index contributed by atoms with van der Waals surface area (Å²) in [6.45, 7) is 2.11. The van der Waals surface area contributed by atoms with Crippen LogP contribution in [-0.4, -0.2) is 0 Å². The van der Waals surface area contributed by atoms with Crippen LogP contribution in [0.4, 0.5) is 0 Å². The van der Waals surface area contributed by atoms with Crippen LogP contribution >= 0.6 is 27.3 Å². The molecule has 0 saturated heterocycles. The number of rotatable bonds is 3. The van der Waals surface area contributed by atoms with Gasteiger partial charge in [-0.05, 0) is 44.9 Å². The second-order valence-corrected chi connectivity index (χ2v) is 5.37. The lowest BCUT2D eigenvalue weighted by atomic mass is 10.0. The van der Waals surface area contributed by atoms with E-state index in [1.54, 1.807) is 11.3 Å². The van der Waals surface area contributed by atoms with Gasteiger partial charge in [0.1, 0.15) is 0 Å². The van der Waals surface area contributed by atoms with E-state index in [9.17, 15) is 0 Å². The molecule has 1 unspecified atom stereocenters. The molecule has 1 aromatic heterocycles. The first-order valence-electron chi connectivity index (χ1n) is 5.30. The van der Waals surface area contributed by atoms with Gasteiger partial charge in [0.05, 0.1) is 0 Å². The van der Waals surface area contributed by atoms with Gasteiger partial charge < -0.3 is 5.73 Å². The summed E-state index contributed by atoms with van der Waals surface area (Å²) >= 11 is 5.26. The molecule has 84 valence electrons. The van der Waals surface area contributed by atoms with Gasteiger partial charge in [-0.1, -0.05) is 25.1 Å². The summed E-state index contributed by atoms with van der Waals surface area (Å²) in [5.74, 6) is 0. The standard InChI is InChI=1S/C13H14BrNS/c1-2-13(15)10-5-3-4-9(6-10)11-7-16-8-12(11)14/h3-8,13H,2,15H2,1H3. The Labute approximate surface area is 108 Å². The molecule has 1 heterocycles. The van der Waals surface area contributed by atoms with Crippen molar-refractivity contribution in [3.63, 3.8) is 0 Å². The molecule has 16 heavy (non-hydrogen) atoms. The molecule has 0 aliphatic carbocycles. The number of halogens is 1. The van der Waals surface area contributed by atoms with E-state index in [-0.39, 0.29) is 6.04 Å². The molecule has 1 nitrogen and oxygen atoms in total. The minimum atomic E-state index is 0.136. The number of benzene rings is 1. The minimum Gasteiger partial charge on any atom is -0.324 e. The Morgan fingerprint density at radius 1 is 1.38 bits per heavy atom. The molecule has 0 aliphatic rings. The van der Waals surface area contributed by atoms with E-state index in [1.807, 2.05) is 0 Å². The van der Waals surface area contributed by atoms with Crippen molar-refractivity contribution in [1.29, 1.82) is 0 Å². The van der Waals surface area contributed by atoms with Crippen molar-refractivity contribution in [2.45, 2.75) is 19.4 Å². The fourth-order valence-electron chi connectivity index (χ4n) is 1.66. The molecular weight excluding hydrogens is 282 g/mol. The van der Waals surface area contributed by atoms with Crippen LogP contribution in [0, 0.1) is 0 Å². The molecule has 2 rings (SSSR count). The van der Waals surface area contributed by atoms with Crippen molar-refractivity contribution in [2.24, 2.45) is 5.73 Å². The molecule has 0 fully saturated rings. The van der Waals surface area contributed by atoms with Gasteiger partial charge in [0, 0.05) is 21.5 Å². The van der Waals surface area contributed by atoms with Crippen molar-refractivity contribution in [3.05, 3.63) is 45.1 Å². The van der Waals surface area contributed by atoms with Gasteiger partial charge in [-0.3, -0.25) is 0 Å². The molecule has 2 aromatic rings. The van der Waals surface area contributed by atoms with Crippen LogP contribution in [0.1, 0.15) is 24.9 Å². The topological polar surface area (TPSA) is 26.0 Å². The van der Waals surface area contributed by atoms with Crippen LogP contribution in [0.2, 0.25) is 0 Å². The van der Waals surface area contributed by atoms with E-state index in [1.165, 1.54) is 16.7 Å². The highest BCUT2D eigenvalue weighted by Gasteiger charge is 2.07. The Balaban J connectivity index is 2.40. The summed E-state index contributed by atoms with van der Waals surface area (Å²) in [5, 5.41) is 4.25. The van der Waals surface area contributed by atoms with E-state index in [2.05, 4.69) is 57.9 Å². The van der Waals surface area contributed by atoms with Gasteiger partial charge in [-0.15, -0.1) is 0 Å². The highest BCUT2D eigenvalue weighted by atomic mass is 79.9. The number of thiophene rings is 1. The van der Waals surface area contributed by atoms with Crippen LogP contribution in [0.5, 0.6) is 0 Å². The summed E-state index contributed by atoms with van der Waals surface area (Å²) in [6, 6.07) is 8.61. The first-order valence-corrected chi connectivity index (χ1v) is 7.03. The maximum absolute atomic E-state index is 6.05. The highest BCUT2D eigenvalue weighted by molar-refractivity contribution is 9.10. The molecule has 1 aromatic carbocycles. The summed E-state index contributed by atoms with van der Waals surface area (Å²) in [6.07, 6.45) is 0.967. The summed E-state index contributed by atoms with van der Waals surface area (Å²) in [7, 11) is 0. The van der Waals surface area contributed by atoms with Gasteiger partial charge >= 0.3 is 0 Å². The second kappa shape index (κ2) is 5.13. The van der Waals surface area contributed by atoms with Crippen LogP contribution < -0.4 is 5.73 Å². The number of hydrogen-bond donors (Lipinski definition) is 1. The molecule has 0 saturated carbocycles. The molecule has 0 bridgehead atoms. The highest BCUT2D eigenvalue weighted by Crippen LogP contribution is 2.32. The number of hydrogen-bond acceptors (Lipinski definition) is 2. The third-order valence-corrected chi connectivity index (χ3v) is 4.38. The van der Waals surface area contributed by atoms with E-state index < -0.39 is 0 Å². The Bertz CT molecular complexity index is 478. The van der Waals surface area contributed by atoms with Crippen molar-refractivity contribution >= 4 is 27.3 Å². The van der Waals surface area contributed by atoms with Crippen LogP contribution in [0.15, 0.2) is 39.5 Å². The SMILES string of the molecule is CCC(N)c1cccc(-c2cscc2Br)c1. The van der Waals surface area contributed by atoms with Crippen molar-refractivity contribution < 1.29 is 0 Å². The van der Waals surface area contributed by atoms with Crippen molar-refractivity contribution in [1.82, 2.24) is 0 Å². The first kappa shape index (κ1) is 11.8. The molecular formula is C13H14BrNS. The monoisotopic (exact) mass is 295 g/mol. The average Bonchev–Trinajstić information content (AvgIpc) is 2.74. The van der Waals surface area contributed by atoms with Crippen LogP contribution in [-0.2, 0) is 0 Å². The largest absolute Gasteiger partial charge is 0.324 e. The van der Waals surface area contributed by atoms with E-state index in [4.69, 9.17) is 5.73 Å². The summed E-state index contributed by atoms with van der Waals surface area (Å²) < 4.78 is 1.15. The molecule has 0 amide bonds. The quantitative estimate of drug-likeness (QED) is 0.881. The van der Waals surface area contributed by atoms with Crippen LogP contribution in [0.25, 0.3) is 11.1 Å². The Morgan fingerprint density at radius 3 is 2.81 bits per heavy atom. The molecule has 2 N–H and O–H groups in total. The lowest BCUT2D eigenvalue weighted by Crippen LogP contribution is -2.08. The molecule has 0 spiro atoms. The second-order valence-electron chi connectivity index (χ2n) is 3.77. The molecule has 3 heteroatoms. The lowest BCUT2D eigenvalue weighted by Gasteiger charge is -2.10. The third kappa shape index (κ3) is 2.37. The van der Waals surface area contributed by atoms with E-state index >= 15 is 0 Å². The fraction of sp³-hybridized carbons (Fsp3) is 0.231. The maximum atomic E-state index is 6.05. The zero-order valence-corrected chi connectivity index (χ0v) is 11.5. The van der Waals surface area contributed by atoms with Crippen molar-refractivity contribution in [2.75, 3.05) is 0 Å². The average molecular weight is 296 g/mol. The maximum Gasteiger partial charge on any atom is 0.0360 e. The van der Waals surface area contributed by atoms with Gasteiger partial charge in [0.15, 0.2) is 0 Å². The van der Waals surface area contributed by atoms with E-state index in [0.29, 0.717) is 0 Å². The first-order chi connectivity index (χ1) is 7.72. The normalized spacial score (nSPS) is 12.7. The van der Waals surface area contributed by atoms with Gasteiger partial charge in [0.2, 0.25) is 0 Å². The Morgan fingerprint density at radius 2 is 2.19 bits per heavy atom. The van der Waals surface area contributed by atoms with E-state index in [0.717, 1.165) is 10.9 Å². The van der Waals surface area contributed by atoms with Gasteiger partial charge in [0.25, 0.3) is 0 Å². The van der Waals surface area contributed by atoms with Crippen molar-refractivity contribution in [3.8, 4) is 11.1 Å². The molecule has 1 atom stereocenters. The molecule has 0 radical (unpaired) electrons. The van der Waals surface area contributed by atoms with Gasteiger partial charge in [-0.25, -0.2) is 0 Å². The Kier molecular flexibility index (Phi) is 3.79. The van der Waals surface area contributed by atoms with Crippen LogP contribution in [0.3, 0.4) is 0 Å². The summed E-state index contributed by atoms with van der Waals surface area (Å²) in [4.78, 5) is 0. The zero-order chi connectivity index (χ0) is 11.5. The third-order valence-electron chi connectivity index (χ3n) is 2.68. The lowest BCUT2D eigenvalue weighted by molar-refractivity contribution is 0.699. The summed E-state index contributed by atoms with van der Waals surface area (Å²) in [5.41, 5.74) is 9.73. The predicted octanol–water partition coefficient (Wildman–Crippen LogP) is 4.59. The number of nitrogens with two attached hydrogens (primary N) is 1. The zero-order valence-electron chi connectivity index (χ0n) is 9.11. The fourth-order valence-corrected chi connectivity index (χ4v) is 3.19. The molecule has 0 aliphatic heterocycles. The smallest absolute Gasteiger partial charge is 0.0360 e. The Hall–Kier alpha value is -0.640.